The van der Waals surface area contributed by atoms with Crippen LogP contribution in [-0.4, -0.2) is 25.0 Å². The zero-order valence-corrected chi connectivity index (χ0v) is 15.4. The lowest BCUT2D eigenvalue weighted by molar-refractivity contribution is 0.0885. The molecular weight excluding hydrogens is 340 g/mol. The van der Waals surface area contributed by atoms with Crippen molar-refractivity contribution in [2.45, 2.75) is 26.0 Å². The van der Waals surface area contributed by atoms with Crippen molar-refractivity contribution in [3.8, 4) is 5.75 Å². The van der Waals surface area contributed by atoms with Crippen LogP contribution < -0.4 is 15.4 Å². The molecule has 1 aliphatic rings. The summed E-state index contributed by atoms with van der Waals surface area (Å²) in [7, 11) is 0. The molecular formula is C22H24N2O3. The Morgan fingerprint density at radius 2 is 1.96 bits per heavy atom. The van der Waals surface area contributed by atoms with Gasteiger partial charge in [-0.15, -0.1) is 0 Å². The number of hydrogen-bond donors (Lipinski definition) is 2. The molecule has 4 rings (SSSR count). The maximum Gasteiger partial charge on any atom is 0.287 e. The number of hydrogen-bond acceptors (Lipinski definition) is 4. The molecule has 1 amide bonds. The number of nitrogens with one attached hydrogen (secondary N) is 2. The summed E-state index contributed by atoms with van der Waals surface area (Å²) in [6.07, 6.45) is 1.05. The van der Waals surface area contributed by atoms with E-state index >= 15 is 0 Å². The Hall–Kier alpha value is -2.79. The number of para-hydroxylation sites is 2. The summed E-state index contributed by atoms with van der Waals surface area (Å²) < 4.78 is 11.8. The van der Waals surface area contributed by atoms with E-state index in [1.165, 1.54) is 0 Å². The van der Waals surface area contributed by atoms with E-state index < -0.39 is 0 Å². The highest BCUT2D eigenvalue weighted by Crippen LogP contribution is 2.27. The van der Waals surface area contributed by atoms with Gasteiger partial charge in [-0.25, -0.2) is 0 Å². The van der Waals surface area contributed by atoms with E-state index in [2.05, 4.69) is 17.6 Å². The van der Waals surface area contributed by atoms with Crippen LogP contribution in [0.5, 0.6) is 5.75 Å². The van der Waals surface area contributed by atoms with Crippen molar-refractivity contribution in [1.82, 2.24) is 10.6 Å². The Kier molecular flexibility index (Phi) is 5.12. The fourth-order valence-electron chi connectivity index (χ4n) is 3.51. The largest absolute Gasteiger partial charge is 0.489 e. The first kappa shape index (κ1) is 17.6. The lowest BCUT2D eigenvalue weighted by Crippen LogP contribution is -2.50. The highest BCUT2D eigenvalue weighted by Gasteiger charge is 2.27. The minimum atomic E-state index is -0.182. The summed E-state index contributed by atoms with van der Waals surface area (Å²) in [6, 6.07) is 17.4. The molecule has 1 fully saturated rings. The van der Waals surface area contributed by atoms with Crippen LogP contribution in [0.1, 0.15) is 29.5 Å². The van der Waals surface area contributed by atoms with E-state index in [-0.39, 0.29) is 18.6 Å². The first-order valence-electron chi connectivity index (χ1n) is 9.42. The van der Waals surface area contributed by atoms with Gasteiger partial charge in [0, 0.05) is 23.5 Å². The van der Waals surface area contributed by atoms with Crippen LogP contribution in [0.2, 0.25) is 0 Å². The number of carbonyl (C=O) groups is 1. The molecule has 5 nitrogen and oxygen atoms in total. The summed E-state index contributed by atoms with van der Waals surface area (Å²) in [6.45, 7) is 4.23. The van der Waals surface area contributed by atoms with Crippen LogP contribution in [0, 0.1) is 5.92 Å². The average Bonchev–Trinajstić information content (AvgIpc) is 3.08. The van der Waals surface area contributed by atoms with Crippen LogP contribution in [-0.2, 0) is 6.61 Å². The van der Waals surface area contributed by atoms with Gasteiger partial charge in [0.25, 0.3) is 5.91 Å². The Labute approximate surface area is 158 Å². The second kappa shape index (κ2) is 7.84. The molecule has 5 heteroatoms. The fraction of sp³-hybridized carbons (Fsp3) is 0.318. The molecule has 2 atom stereocenters. The number of benzene rings is 2. The summed E-state index contributed by atoms with van der Waals surface area (Å²) in [4.78, 5) is 13.0. The monoisotopic (exact) mass is 364 g/mol. The van der Waals surface area contributed by atoms with Gasteiger partial charge in [-0.3, -0.25) is 4.79 Å². The van der Waals surface area contributed by atoms with Crippen LogP contribution >= 0.6 is 0 Å². The molecule has 2 aromatic carbocycles. The molecule has 2 unspecified atom stereocenters. The van der Waals surface area contributed by atoms with Crippen molar-refractivity contribution in [1.29, 1.82) is 0 Å². The van der Waals surface area contributed by atoms with E-state index in [1.807, 2.05) is 54.6 Å². The molecule has 1 aliphatic heterocycles. The van der Waals surface area contributed by atoms with Gasteiger partial charge in [-0.1, -0.05) is 43.3 Å². The van der Waals surface area contributed by atoms with Gasteiger partial charge in [-0.05, 0) is 37.1 Å². The lowest BCUT2D eigenvalue weighted by Gasteiger charge is -2.30. The van der Waals surface area contributed by atoms with E-state index in [4.69, 9.17) is 9.15 Å². The predicted molar refractivity (Wildman–Crippen MR) is 105 cm³/mol. The molecule has 140 valence electrons. The molecule has 0 saturated carbocycles. The third-order valence-corrected chi connectivity index (χ3v) is 5.17. The van der Waals surface area contributed by atoms with E-state index in [1.54, 1.807) is 0 Å². The Balaban J connectivity index is 1.60. The van der Waals surface area contributed by atoms with Crippen molar-refractivity contribution in [3.63, 3.8) is 0 Å². The number of rotatable bonds is 5. The third-order valence-electron chi connectivity index (χ3n) is 5.17. The molecule has 2 heterocycles. The molecule has 2 N–H and O–H groups in total. The molecule has 1 aromatic heterocycles. The Morgan fingerprint density at radius 3 is 2.78 bits per heavy atom. The van der Waals surface area contributed by atoms with Crippen LogP contribution in [0.15, 0.2) is 59.0 Å². The number of fused-ring (bicyclic) bond motifs is 1. The summed E-state index contributed by atoms with van der Waals surface area (Å²) in [5.74, 6) is 1.35. The molecule has 1 saturated heterocycles. The van der Waals surface area contributed by atoms with Gasteiger partial charge in [-0.2, -0.15) is 0 Å². The summed E-state index contributed by atoms with van der Waals surface area (Å²) >= 11 is 0. The fourth-order valence-corrected chi connectivity index (χ4v) is 3.51. The summed E-state index contributed by atoms with van der Waals surface area (Å²) in [5, 5.41) is 7.38. The minimum absolute atomic E-state index is 0.0994. The Morgan fingerprint density at radius 1 is 1.19 bits per heavy atom. The van der Waals surface area contributed by atoms with E-state index in [9.17, 15) is 4.79 Å². The van der Waals surface area contributed by atoms with Gasteiger partial charge < -0.3 is 19.8 Å². The topological polar surface area (TPSA) is 63.5 Å². The zero-order valence-electron chi connectivity index (χ0n) is 15.4. The molecule has 0 radical (unpaired) electrons. The highest BCUT2D eigenvalue weighted by atomic mass is 16.5. The van der Waals surface area contributed by atoms with Crippen molar-refractivity contribution < 1.29 is 13.9 Å². The Bertz CT molecular complexity index is 920. The molecule has 3 aromatic rings. The predicted octanol–water partition coefficient (Wildman–Crippen LogP) is 3.74. The maximum absolute atomic E-state index is 13.0. The quantitative estimate of drug-likeness (QED) is 0.724. The molecule has 0 bridgehead atoms. The second-order valence-corrected chi connectivity index (χ2v) is 7.06. The summed E-state index contributed by atoms with van der Waals surface area (Å²) in [5.41, 5.74) is 1.48. The highest BCUT2D eigenvalue weighted by molar-refractivity contribution is 5.99. The minimum Gasteiger partial charge on any atom is -0.489 e. The number of carbonyl (C=O) groups excluding carboxylic acids is 1. The van der Waals surface area contributed by atoms with Crippen LogP contribution in [0.3, 0.4) is 0 Å². The van der Waals surface area contributed by atoms with Crippen molar-refractivity contribution in [2.24, 2.45) is 5.92 Å². The smallest absolute Gasteiger partial charge is 0.287 e. The first-order chi connectivity index (χ1) is 13.2. The van der Waals surface area contributed by atoms with E-state index in [0.717, 1.165) is 36.2 Å². The molecule has 0 aliphatic carbocycles. The van der Waals surface area contributed by atoms with Gasteiger partial charge >= 0.3 is 0 Å². The lowest BCUT2D eigenvalue weighted by atomic mass is 9.94. The van der Waals surface area contributed by atoms with Gasteiger partial charge in [0.1, 0.15) is 17.9 Å². The first-order valence-corrected chi connectivity index (χ1v) is 9.42. The normalized spacial score (nSPS) is 19.7. The van der Waals surface area contributed by atoms with Gasteiger partial charge in [0.15, 0.2) is 5.76 Å². The second-order valence-electron chi connectivity index (χ2n) is 7.06. The number of piperidine rings is 1. The SMILES string of the molecule is CC1CCNCC1NC(=O)c1oc2ccccc2c1COc1ccccc1. The van der Waals surface area contributed by atoms with Crippen LogP contribution in [0.25, 0.3) is 11.0 Å². The number of furan rings is 1. The third kappa shape index (κ3) is 3.83. The number of amides is 1. The zero-order chi connectivity index (χ0) is 18.6. The van der Waals surface area contributed by atoms with Gasteiger partial charge in [0.05, 0.1) is 0 Å². The molecule has 0 spiro atoms. The molecule has 27 heavy (non-hydrogen) atoms. The van der Waals surface area contributed by atoms with Crippen molar-refractivity contribution in [3.05, 3.63) is 65.9 Å². The number of ether oxygens (including phenoxy) is 1. The van der Waals surface area contributed by atoms with E-state index in [0.29, 0.717) is 17.3 Å². The van der Waals surface area contributed by atoms with Crippen molar-refractivity contribution >= 4 is 16.9 Å². The van der Waals surface area contributed by atoms with Gasteiger partial charge in [0.2, 0.25) is 0 Å². The average molecular weight is 364 g/mol. The maximum atomic E-state index is 13.0. The standard InChI is InChI=1S/C22H24N2O3/c1-15-11-12-23-13-19(15)24-22(25)21-18(14-26-16-7-3-2-4-8-16)17-9-5-6-10-20(17)27-21/h2-10,15,19,23H,11-14H2,1H3,(H,24,25). The van der Waals surface area contributed by atoms with Crippen molar-refractivity contribution in [2.75, 3.05) is 13.1 Å². The van der Waals surface area contributed by atoms with Crippen LogP contribution in [0.4, 0.5) is 0 Å².